The van der Waals surface area contributed by atoms with Crippen LogP contribution in [0.4, 0.5) is 0 Å². The van der Waals surface area contributed by atoms with Gasteiger partial charge in [0.05, 0.1) is 12.8 Å². The average Bonchev–Trinajstić information content (AvgIpc) is 3.07. The quantitative estimate of drug-likeness (QED) is 0.799. The van der Waals surface area contributed by atoms with Crippen LogP contribution in [0.25, 0.3) is 11.2 Å². The lowest BCUT2D eigenvalue weighted by molar-refractivity contribution is 0.201. The molecule has 0 saturated carbocycles. The fourth-order valence-corrected chi connectivity index (χ4v) is 3.51. The predicted molar refractivity (Wildman–Crippen MR) is 91.9 cm³/mol. The summed E-state index contributed by atoms with van der Waals surface area (Å²) in [6.45, 7) is 3.05. The summed E-state index contributed by atoms with van der Waals surface area (Å²) in [6, 6.07) is 8.25. The van der Waals surface area contributed by atoms with Crippen LogP contribution in [0.5, 0.6) is 5.75 Å². The monoisotopic (exact) mass is 323 g/mol. The van der Waals surface area contributed by atoms with Gasteiger partial charge in [-0.1, -0.05) is 18.2 Å². The van der Waals surface area contributed by atoms with Gasteiger partial charge >= 0.3 is 0 Å². The Morgan fingerprint density at radius 2 is 1.96 bits per heavy atom. The second-order valence-corrected chi connectivity index (χ2v) is 6.23. The first-order chi connectivity index (χ1) is 11.8. The van der Waals surface area contributed by atoms with Crippen molar-refractivity contribution >= 4 is 11.2 Å². The predicted octanol–water partition coefficient (Wildman–Crippen LogP) is 2.74. The molecule has 1 saturated heterocycles. The molecule has 3 aromatic rings. The van der Waals surface area contributed by atoms with Crippen molar-refractivity contribution < 1.29 is 4.74 Å². The molecule has 2 aromatic heterocycles. The lowest BCUT2D eigenvalue weighted by Gasteiger charge is -2.31. The molecular weight excluding hydrogens is 302 g/mol. The van der Waals surface area contributed by atoms with Crippen molar-refractivity contribution in [3.05, 3.63) is 47.9 Å². The van der Waals surface area contributed by atoms with Gasteiger partial charge in [-0.2, -0.15) is 5.10 Å². The van der Waals surface area contributed by atoms with Crippen molar-refractivity contribution in [2.45, 2.75) is 25.3 Å². The number of hydrogen-bond acceptors (Lipinski definition) is 5. The van der Waals surface area contributed by atoms with E-state index in [1.54, 1.807) is 19.5 Å². The van der Waals surface area contributed by atoms with Gasteiger partial charge in [-0.05, 0) is 32.0 Å². The first-order valence-electron chi connectivity index (χ1n) is 8.34. The Hall–Kier alpha value is -2.47. The van der Waals surface area contributed by atoms with E-state index in [2.05, 4.69) is 37.2 Å². The van der Waals surface area contributed by atoms with Crippen molar-refractivity contribution in [1.29, 1.82) is 0 Å². The van der Waals surface area contributed by atoms with Gasteiger partial charge in [0.1, 0.15) is 11.3 Å². The number of rotatable bonds is 4. The summed E-state index contributed by atoms with van der Waals surface area (Å²) in [7, 11) is 1.73. The number of nitrogens with one attached hydrogen (secondary N) is 1. The van der Waals surface area contributed by atoms with Gasteiger partial charge in [0.15, 0.2) is 5.65 Å². The third-order valence-corrected chi connectivity index (χ3v) is 4.80. The first-order valence-corrected chi connectivity index (χ1v) is 8.34. The largest absolute Gasteiger partial charge is 0.496 e. The van der Waals surface area contributed by atoms with Crippen LogP contribution in [0, 0.1) is 0 Å². The molecule has 3 heterocycles. The minimum atomic E-state index is 0.473. The van der Waals surface area contributed by atoms with Crippen molar-refractivity contribution in [3.8, 4) is 5.75 Å². The normalized spacial score (nSPS) is 16.5. The minimum Gasteiger partial charge on any atom is -0.496 e. The summed E-state index contributed by atoms with van der Waals surface area (Å²) >= 11 is 0. The fourth-order valence-electron chi connectivity index (χ4n) is 3.51. The molecule has 6 nitrogen and oxygen atoms in total. The van der Waals surface area contributed by atoms with Crippen LogP contribution >= 0.6 is 0 Å². The molecule has 0 unspecified atom stereocenters. The topological polar surface area (TPSA) is 66.9 Å². The Balaban J connectivity index is 1.43. The van der Waals surface area contributed by atoms with E-state index in [-0.39, 0.29) is 0 Å². The molecule has 1 aromatic carbocycles. The van der Waals surface area contributed by atoms with E-state index in [1.165, 1.54) is 5.56 Å². The molecule has 4 rings (SSSR count). The molecular formula is C18H21N5O. The van der Waals surface area contributed by atoms with Crippen molar-refractivity contribution in [2.75, 3.05) is 20.2 Å². The molecule has 1 aliphatic heterocycles. The highest BCUT2D eigenvalue weighted by molar-refractivity contribution is 5.72. The van der Waals surface area contributed by atoms with E-state index in [0.717, 1.165) is 49.4 Å². The number of benzene rings is 1. The number of likely N-dealkylation sites (tertiary alicyclic amines) is 1. The standard InChI is InChI=1S/C18H21N5O/c1-24-15-5-3-2-4-14(15)12-23-10-6-13(7-11-23)16-17-18(22-21-16)20-9-8-19-17/h2-5,8-9,13H,6-7,10-12H2,1H3,(H,20,21,22). The number of aromatic nitrogens is 4. The van der Waals surface area contributed by atoms with Crippen LogP contribution in [0.3, 0.4) is 0 Å². The number of nitrogens with zero attached hydrogens (tertiary/aromatic N) is 4. The first kappa shape index (κ1) is 15.1. The van der Waals surface area contributed by atoms with Crippen molar-refractivity contribution in [1.82, 2.24) is 25.1 Å². The van der Waals surface area contributed by atoms with Gasteiger partial charge < -0.3 is 4.74 Å². The van der Waals surface area contributed by atoms with E-state index in [4.69, 9.17) is 4.74 Å². The zero-order valence-corrected chi connectivity index (χ0v) is 13.8. The van der Waals surface area contributed by atoms with Gasteiger partial charge in [0.25, 0.3) is 0 Å². The van der Waals surface area contributed by atoms with Gasteiger partial charge in [0.2, 0.25) is 0 Å². The van der Waals surface area contributed by atoms with Crippen molar-refractivity contribution in [2.24, 2.45) is 0 Å². The highest BCUT2D eigenvalue weighted by Crippen LogP contribution is 2.31. The molecule has 124 valence electrons. The number of aromatic amines is 1. The molecule has 0 amide bonds. The number of ether oxygens (including phenoxy) is 1. The van der Waals surface area contributed by atoms with Crippen LogP contribution < -0.4 is 4.74 Å². The molecule has 24 heavy (non-hydrogen) atoms. The average molecular weight is 323 g/mol. The van der Waals surface area contributed by atoms with E-state index in [1.807, 2.05) is 12.1 Å². The van der Waals surface area contributed by atoms with Gasteiger partial charge in [-0.15, -0.1) is 0 Å². The number of hydrogen-bond donors (Lipinski definition) is 1. The highest BCUT2D eigenvalue weighted by Gasteiger charge is 2.24. The SMILES string of the molecule is COc1ccccc1CN1CCC(c2[nH]nc3nccnc23)CC1. The molecule has 0 atom stereocenters. The maximum Gasteiger partial charge on any atom is 0.199 e. The molecule has 0 radical (unpaired) electrons. The number of para-hydroxylation sites is 1. The van der Waals surface area contributed by atoms with Crippen LogP contribution in [-0.2, 0) is 6.54 Å². The summed E-state index contributed by atoms with van der Waals surface area (Å²) < 4.78 is 5.46. The maximum absolute atomic E-state index is 5.46. The van der Waals surface area contributed by atoms with Crippen LogP contribution in [0.15, 0.2) is 36.7 Å². The Bertz CT molecular complexity index is 823. The summed E-state index contributed by atoms with van der Waals surface area (Å²) in [5.74, 6) is 1.44. The second kappa shape index (κ2) is 6.57. The number of piperidine rings is 1. The van der Waals surface area contributed by atoms with E-state index < -0.39 is 0 Å². The smallest absolute Gasteiger partial charge is 0.199 e. The van der Waals surface area contributed by atoms with E-state index >= 15 is 0 Å². The molecule has 6 heteroatoms. The molecule has 1 aliphatic rings. The lowest BCUT2D eigenvalue weighted by Crippen LogP contribution is -2.32. The number of methoxy groups -OCH3 is 1. The van der Waals surface area contributed by atoms with Crippen LogP contribution in [-0.4, -0.2) is 45.3 Å². The zero-order chi connectivity index (χ0) is 16.4. The van der Waals surface area contributed by atoms with Gasteiger partial charge in [0, 0.05) is 30.4 Å². The Morgan fingerprint density at radius 1 is 1.17 bits per heavy atom. The Kier molecular flexibility index (Phi) is 4.13. The third kappa shape index (κ3) is 2.85. The van der Waals surface area contributed by atoms with Crippen molar-refractivity contribution in [3.63, 3.8) is 0 Å². The summed E-state index contributed by atoms with van der Waals surface area (Å²) in [6.07, 6.45) is 5.62. The minimum absolute atomic E-state index is 0.473. The van der Waals surface area contributed by atoms with Gasteiger partial charge in [-0.25, -0.2) is 9.97 Å². The Labute approximate surface area is 140 Å². The fraction of sp³-hybridized carbons (Fsp3) is 0.389. The third-order valence-electron chi connectivity index (χ3n) is 4.80. The zero-order valence-electron chi connectivity index (χ0n) is 13.8. The lowest BCUT2D eigenvalue weighted by atomic mass is 9.93. The number of H-pyrrole nitrogens is 1. The van der Waals surface area contributed by atoms with E-state index in [0.29, 0.717) is 11.6 Å². The summed E-state index contributed by atoms with van der Waals surface area (Å²) in [5.41, 5.74) is 4.01. The second-order valence-electron chi connectivity index (χ2n) is 6.23. The Morgan fingerprint density at radius 3 is 2.79 bits per heavy atom. The number of fused-ring (bicyclic) bond motifs is 1. The summed E-state index contributed by atoms with van der Waals surface area (Å²) in [4.78, 5) is 11.2. The van der Waals surface area contributed by atoms with Crippen LogP contribution in [0.2, 0.25) is 0 Å². The van der Waals surface area contributed by atoms with Crippen LogP contribution in [0.1, 0.15) is 30.0 Å². The summed E-state index contributed by atoms with van der Waals surface area (Å²) in [5, 5.41) is 7.43. The molecule has 1 fully saturated rings. The molecule has 0 spiro atoms. The van der Waals surface area contributed by atoms with Gasteiger partial charge in [-0.3, -0.25) is 10.00 Å². The molecule has 0 aliphatic carbocycles. The highest BCUT2D eigenvalue weighted by atomic mass is 16.5. The molecule has 0 bridgehead atoms. The maximum atomic E-state index is 5.46. The van der Waals surface area contributed by atoms with E-state index in [9.17, 15) is 0 Å². The molecule has 1 N–H and O–H groups in total.